The molecule has 0 unspecified atom stereocenters. The number of anilines is 1. The number of halogens is 2. The number of aromatic nitrogens is 2. The van der Waals surface area contributed by atoms with Gasteiger partial charge in [0.25, 0.3) is 0 Å². The van der Waals surface area contributed by atoms with Crippen LogP contribution < -0.4 is 26.9 Å². The number of nitrogens with zero attached hydrogens (tertiary/aromatic N) is 2. The van der Waals surface area contributed by atoms with E-state index in [-0.39, 0.29) is 22.9 Å². The number of carbonyl (C=O) groups is 1. The zero-order valence-corrected chi connectivity index (χ0v) is 13.4. The molecular weight excluding hydrogens is 342 g/mol. The highest BCUT2D eigenvalue weighted by Crippen LogP contribution is 2.11. The Balaban J connectivity index is 0.00000200. The van der Waals surface area contributed by atoms with E-state index in [1.165, 1.54) is 5.56 Å². The van der Waals surface area contributed by atoms with E-state index in [1.807, 2.05) is 36.0 Å². The molecule has 2 heterocycles. The summed E-state index contributed by atoms with van der Waals surface area (Å²) in [5.41, 5.74) is 1.20. The lowest BCUT2D eigenvalue weighted by atomic mass is 10.3. The van der Waals surface area contributed by atoms with Gasteiger partial charge in [0.2, 0.25) is 5.91 Å². The number of aryl methyl sites for hydroxylation is 2. The van der Waals surface area contributed by atoms with Crippen molar-refractivity contribution < 1.29 is 26.3 Å². The summed E-state index contributed by atoms with van der Waals surface area (Å²) in [5.74, 6) is 0.397. The van der Waals surface area contributed by atoms with Crippen LogP contribution >= 0.6 is 11.6 Å². The quantitative estimate of drug-likeness (QED) is 0.741. The molecule has 2 rings (SSSR count). The molecular formula is C14H15BrClN3O. The zero-order valence-electron chi connectivity index (χ0n) is 11.0. The normalized spacial score (nSPS) is 9.70. The molecule has 0 bridgehead atoms. The summed E-state index contributed by atoms with van der Waals surface area (Å²) in [5, 5.41) is 3.27. The molecule has 1 amide bonds. The SMILES string of the molecule is Cc1cc[n+](CCC(=O)Nc2cc(Cl)ccn2)cc1.[Br-]. The van der Waals surface area contributed by atoms with Gasteiger partial charge in [-0.1, -0.05) is 11.6 Å². The second kappa shape index (κ2) is 7.97. The molecule has 0 aromatic carbocycles. The van der Waals surface area contributed by atoms with E-state index < -0.39 is 0 Å². The molecule has 0 saturated heterocycles. The molecule has 0 aliphatic rings. The van der Waals surface area contributed by atoms with Crippen molar-refractivity contribution >= 4 is 23.3 Å². The van der Waals surface area contributed by atoms with Crippen LogP contribution in [0, 0.1) is 6.92 Å². The molecule has 1 N–H and O–H groups in total. The van der Waals surface area contributed by atoms with Gasteiger partial charge in [0.1, 0.15) is 5.82 Å². The third-order valence-electron chi connectivity index (χ3n) is 2.64. The molecule has 0 aliphatic carbocycles. The summed E-state index contributed by atoms with van der Waals surface area (Å²) >= 11 is 5.82. The number of hydrogen-bond donors (Lipinski definition) is 1. The standard InChI is InChI=1S/C14H14ClN3O.BrH/c1-11-3-7-18(8-4-11)9-5-14(19)17-13-10-12(15)2-6-16-13;/h2-4,6-8,10H,5,9H2,1H3;1H. The van der Waals surface area contributed by atoms with Crippen LogP contribution in [0.3, 0.4) is 0 Å². The van der Waals surface area contributed by atoms with Crippen molar-refractivity contribution in [3.05, 3.63) is 53.4 Å². The predicted molar refractivity (Wildman–Crippen MR) is 73.9 cm³/mol. The minimum atomic E-state index is -0.0807. The van der Waals surface area contributed by atoms with Crippen LogP contribution in [0.5, 0.6) is 0 Å². The van der Waals surface area contributed by atoms with Crippen molar-refractivity contribution in [2.24, 2.45) is 0 Å². The first-order valence-corrected chi connectivity index (χ1v) is 6.38. The second-order valence-electron chi connectivity index (χ2n) is 4.27. The molecule has 0 aliphatic heterocycles. The molecule has 0 atom stereocenters. The molecule has 4 nitrogen and oxygen atoms in total. The largest absolute Gasteiger partial charge is 1.00 e. The Kier molecular flexibility index (Phi) is 6.61. The average molecular weight is 357 g/mol. The van der Waals surface area contributed by atoms with Crippen molar-refractivity contribution in [2.45, 2.75) is 19.9 Å². The van der Waals surface area contributed by atoms with E-state index in [0.717, 1.165) is 0 Å². The van der Waals surface area contributed by atoms with Crippen molar-refractivity contribution in [3.8, 4) is 0 Å². The van der Waals surface area contributed by atoms with Crippen molar-refractivity contribution in [1.29, 1.82) is 0 Å². The van der Waals surface area contributed by atoms with Gasteiger partial charge in [-0.25, -0.2) is 9.55 Å². The van der Waals surface area contributed by atoms with Crippen LogP contribution in [0.2, 0.25) is 5.02 Å². The van der Waals surface area contributed by atoms with Crippen LogP contribution in [0.15, 0.2) is 42.9 Å². The molecule has 6 heteroatoms. The number of pyridine rings is 2. The van der Waals surface area contributed by atoms with Gasteiger partial charge in [-0.05, 0) is 24.6 Å². The molecule has 0 spiro atoms. The third kappa shape index (κ3) is 5.27. The molecule has 0 radical (unpaired) electrons. The van der Waals surface area contributed by atoms with Crippen LogP contribution in [0.1, 0.15) is 12.0 Å². The fourth-order valence-electron chi connectivity index (χ4n) is 1.59. The van der Waals surface area contributed by atoms with E-state index in [4.69, 9.17) is 11.6 Å². The maximum absolute atomic E-state index is 11.8. The van der Waals surface area contributed by atoms with Gasteiger partial charge in [-0.2, -0.15) is 0 Å². The maximum atomic E-state index is 11.8. The van der Waals surface area contributed by atoms with Crippen molar-refractivity contribution in [3.63, 3.8) is 0 Å². The van der Waals surface area contributed by atoms with E-state index in [1.54, 1.807) is 18.3 Å². The lowest BCUT2D eigenvalue weighted by Crippen LogP contribution is -3.00. The summed E-state index contributed by atoms with van der Waals surface area (Å²) in [6.45, 7) is 2.66. The Morgan fingerprint density at radius 1 is 1.35 bits per heavy atom. The lowest BCUT2D eigenvalue weighted by Gasteiger charge is -2.03. The molecule has 0 fully saturated rings. The molecule has 0 saturated carbocycles. The summed E-state index contributed by atoms with van der Waals surface area (Å²) < 4.78 is 1.97. The Morgan fingerprint density at radius 3 is 2.70 bits per heavy atom. The molecule has 2 aromatic heterocycles. The minimum Gasteiger partial charge on any atom is -1.00 e. The smallest absolute Gasteiger partial charge is 0.231 e. The average Bonchev–Trinajstić information content (AvgIpc) is 2.38. The third-order valence-corrected chi connectivity index (χ3v) is 2.88. The van der Waals surface area contributed by atoms with E-state index in [0.29, 0.717) is 23.8 Å². The zero-order chi connectivity index (χ0) is 13.7. The minimum absolute atomic E-state index is 0. The highest BCUT2D eigenvalue weighted by atomic mass is 79.9. The van der Waals surface area contributed by atoms with Crippen LogP contribution in [0.25, 0.3) is 0 Å². The van der Waals surface area contributed by atoms with Gasteiger partial charge in [0, 0.05) is 23.4 Å². The summed E-state index contributed by atoms with van der Waals surface area (Å²) in [4.78, 5) is 15.8. The van der Waals surface area contributed by atoms with Crippen molar-refractivity contribution in [2.75, 3.05) is 5.32 Å². The first-order chi connectivity index (χ1) is 9.13. The number of nitrogens with one attached hydrogen (secondary N) is 1. The Labute approximate surface area is 133 Å². The van der Waals surface area contributed by atoms with Gasteiger partial charge >= 0.3 is 0 Å². The summed E-state index contributed by atoms with van der Waals surface area (Å²) in [6.07, 6.45) is 5.87. The van der Waals surface area contributed by atoms with Crippen LogP contribution in [0.4, 0.5) is 5.82 Å². The van der Waals surface area contributed by atoms with Gasteiger partial charge < -0.3 is 22.3 Å². The number of rotatable bonds is 4. The summed E-state index contributed by atoms with van der Waals surface area (Å²) in [7, 11) is 0. The van der Waals surface area contributed by atoms with Crippen molar-refractivity contribution in [1.82, 2.24) is 4.98 Å². The maximum Gasteiger partial charge on any atom is 0.231 e. The van der Waals surface area contributed by atoms with E-state index >= 15 is 0 Å². The van der Waals surface area contributed by atoms with Crippen LogP contribution in [-0.4, -0.2) is 10.9 Å². The molecule has 20 heavy (non-hydrogen) atoms. The number of carbonyl (C=O) groups excluding carboxylic acids is 1. The number of amides is 1. The molecule has 106 valence electrons. The Morgan fingerprint density at radius 2 is 2.05 bits per heavy atom. The fourth-order valence-corrected chi connectivity index (χ4v) is 1.75. The second-order valence-corrected chi connectivity index (χ2v) is 4.71. The Bertz CT molecular complexity index is 575. The van der Waals surface area contributed by atoms with E-state index in [2.05, 4.69) is 10.3 Å². The highest BCUT2D eigenvalue weighted by Gasteiger charge is 2.07. The highest BCUT2D eigenvalue weighted by molar-refractivity contribution is 6.30. The fraction of sp³-hybridized carbons (Fsp3) is 0.214. The van der Waals surface area contributed by atoms with Crippen LogP contribution in [-0.2, 0) is 11.3 Å². The summed E-state index contributed by atoms with van der Waals surface area (Å²) in [6, 6.07) is 7.31. The molecule has 2 aromatic rings. The van der Waals surface area contributed by atoms with Gasteiger partial charge in [-0.3, -0.25) is 4.79 Å². The Hall–Kier alpha value is -1.46. The predicted octanol–water partition coefficient (Wildman–Crippen LogP) is -0.636. The van der Waals surface area contributed by atoms with E-state index in [9.17, 15) is 4.79 Å². The first kappa shape index (κ1) is 16.6. The lowest BCUT2D eigenvalue weighted by molar-refractivity contribution is -0.695. The van der Waals surface area contributed by atoms with Gasteiger partial charge in [0.15, 0.2) is 18.9 Å². The number of hydrogen-bond acceptors (Lipinski definition) is 2. The topological polar surface area (TPSA) is 45.9 Å². The monoisotopic (exact) mass is 355 g/mol. The first-order valence-electron chi connectivity index (χ1n) is 6.00. The van der Waals surface area contributed by atoms with Gasteiger partial charge in [-0.15, -0.1) is 0 Å². The van der Waals surface area contributed by atoms with Gasteiger partial charge in [0.05, 0.1) is 6.42 Å².